The van der Waals surface area contributed by atoms with Crippen molar-refractivity contribution >= 4 is 11.6 Å². The van der Waals surface area contributed by atoms with Gasteiger partial charge >= 0.3 is 0 Å². The Morgan fingerprint density at radius 3 is 3.20 bits per heavy atom. The van der Waals surface area contributed by atoms with Crippen LogP contribution in [0.2, 0.25) is 5.02 Å². The van der Waals surface area contributed by atoms with E-state index in [1.54, 1.807) is 12.4 Å². The van der Waals surface area contributed by atoms with Crippen molar-refractivity contribution in [3.8, 4) is 0 Å². The number of halogens is 1. The molecule has 4 heteroatoms. The topological polar surface area (TPSA) is 37.0 Å². The van der Waals surface area contributed by atoms with Crippen molar-refractivity contribution < 1.29 is 0 Å². The Hall–Kier alpha value is -0.640. The fraction of sp³-hybridized carbons (Fsp3) is 0.545. The molecule has 1 aromatic rings. The van der Waals surface area contributed by atoms with Crippen LogP contribution in [-0.4, -0.2) is 23.6 Å². The third-order valence-electron chi connectivity index (χ3n) is 2.93. The van der Waals surface area contributed by atoms with E-state index in [0.29, 0.717) is 0 Å². The summed E-state index contributed by atoms with van der Waals surface area (Å²) in [5, 5.41) is 7.63. The van der Waals surface area contributed by atoms with Gasteiger partial charge in [-0.25, -0.2) is 0 Å². The van der Waals surface area contributed by atoms with E-state index >= 15 is 0 Å². The predicted octanol–water partition coefficient (Wildman–Crippen LogP) is 1.58. The molecule has 1 saturated heterocycles. The lowest BCUT2D eigenvalue weighted by molar-refractivity contribution is 0.386. The quantitative estimate of drug-likeness (QED) is 0.820. The summed E-state index contributed by atoms with van der Waals surface area (Å²) < 4.78 is 0. The maximum atomic E-state index is 6.04. The molecule has 0 radical (unpaired) electrons. The lowest BCUT2D eigenvalue weighted by Gasteiger charge is -2.24. The van der Waals surface area contributed by atoms with Crippen molar-refractivity contribution in [3.63, 3.8) is 0 Å². The smallest absolute Gasteiger partial charge is 0.0634 e. The second-order valence-electron chi connectivity index (χ2n) is 4.31. The zero-order valence-corrected chi connectivity index (χ0v) is 9.64. The van der Waals surface area contributed by atoms with Crippen LogP contribution in [0.25, 0.3) is 0 Å². The zero-order chi connectivity index (χ0) is 10.7. The van der Waals surface area contributed by atoms with Crippen LogP contribution in [0.1, 0.15) is 18.9 Å². The maximum absolute atomic E-state index is 6.04. The van der Waals surface area contributed by atoms with Crippen molar-refractivity contribution in [2.45, 2.75) is 25.4 Å². The third-order valence-corrected chi connectivity index (χ3v) is 3.27. The molecular weight excluding hydrogens is 210 g/mol. The van der Waals surface area contributed by atoms with E-state index in [4.69, 9.17) is 11.6 Å². The summed E-state index contributed by atoms with van der Waals surface area (Å²) in [5.41, 5.74) is 1.31. The largest absolute Gasteiger partial charge is 0.315 e. The number of aromatic nitrogens is 1. The Bertz CT molecular complexity index is 334. The first-order chi connectivity index (χ1) is 7.20. The predicted molar refractivity (Wildman–Crippen MR) is 62.0 cm³/mol. The summed E-state index contributed by atoms with van der Waals surface area (Å²) in [4.78, 5) is 3.97. The summed E-state index contributed by atoms with van der Waals surface area (Å²) >= 11 is 6.04. The van der Waals surface area contributed by atoms with Crippen LogP contribution in [0.3, 0.4) is 0 Å². The highest BCUT2D eigenvalue weighted by Gasteiger charge is 2.27. The number of nitrogens with one attached hydrogen (secondary N) is 2. The van der Waals surface area contributed by atoms with Gasteiger partial charge in [-0.15, -0.1) is 0 Å². The molecule has 0 aliphatic carbocycles. The van der Waals surface area contributed by atoms with Gasteiger partial charge in [-0.2, -0.15) is 0 Å². The fourth-order valence-electron chi connectivity index (χ4n) is 1.82. The van der Waals surface area contributed by atoms with Gasteiger partial charge in [-0.1, -0.05) is 11.6 Å². The first-order valence-electron chi connectivity index (χ1n) is 5.24. The first-order valence-corrected chi connectivity index (χ1v) is 5.62. The van der Waals surface area contributed by atoms with Crippen molar-refractivity contribution in [2.24, 2.45) is 0 Å². The molecule has 15 heavy (non-hydrogen) atoms. The highest BCUT2D eigenvalue weighted by Crippen LogP contribution is 2.17. The maximum Gasteiger partial charge on any atom is 0.0634 e. The normalized spacial score (nSPS) is 25.7. The number of rotatable bonds is 3. The molecule has 82 valence electrons. The molecule has 0 aromatic carbocycles. The minimum absolute atomic E-state index is 0.201. The Labute approximate surface area is 95.2 Å². The summed E-state index contributed by atoms with van der Waals surface area (Å²) in [6.45, 7) is 5.16. The van der Waals surface area contributed by atoms with Crippen LogP contribution >= 0.6 is 11.6 Å². The average molecular weight is 226 g/mol. The molecule has 0 saturated carbocycles. The molecule has 0 bridgehead atoms. The second-order valence-corrected chi connectivity index (χ2v) is 4.72. The monoisotopic (exact) mass is 225 g/mol. The van der Waals surface area contributed by atoms with Crippen LogP contribution in [-0.2, 0) is 6.54 Å². The van der Waals surface area contributed by atoms with Gasteiger partial charge in [0.2, 0.25) is 0 Å². The average Bonchev–Trinajstić information content (AvgIpc) is 2.65. The van der Waals surface area contributed by atoms with Crippen LogP contribution in [0.5, 0.6) is 0 Å². The van der Waals surface area contributed by atoms with E-state index in [2.05, 4.69) is 22.5 Å². The minimum Gasteiger partial charge on any atom is -0.315 e. The first kappa shape index (κ1) is 10.9. The summed E-state index contributed by atoms with van der Waals surface area (Å²) in [5.74, 6) is 0. The Morgan fingerprint density at radius 1 is 1.67 bits per heavy atom. The molecule has 2 heterocycles. The van der Waals surface area contributed by atoms with Crippen molar-refractivity contribution in [1.82, 2.24) is 15.6 Å². The van der Waals surface area contributed by atoms with Gasteiger partial charge < -0.3 is 10.6 Å². The molecule has 3 nitrogen and oxygen atoms in total. The van der Waals surface area contributed by atoms with Crippen LogP contribution in [0, 0.1) is 0 Å². The van der Waals surface area contributed by atoms with E-state index in [-0.39, 0.29) is 5.54 Å². The third kappa shape index (κ3) is 2.68. The van der Waals surface area contributed by atoms with Gasteiger partial charge in [0.05, 0.1) is 5.02 Å². The molecule has 1 fully saturated rings. The number of hydrogen-bond acceptors (Lipinski definition) is 3. The van der Waals surface area contributed by atoms with E-state index in [1.807, 2.05) is 6.07 Å². The number of pyridine rings is 1. The molecule has 0 amide bonds. The molecule has 0 spiro atoms. The summed E-state index contributed by atoms with van der Waals surface area (Å²) in [7, 11) is 0. The number of hydrogen-bond donors (Lipinski definition) is 2. The van der Waals surface area contributed by atoms with E-state index in [1.165, 1.54) is 0 Å². The lowest BCUT2D eigenvalue weighted by atomic mass is 10.0. The van der Waals surface area contributed by atoms with Crippen molar-refractivity contribution in [3.05, 3.63) is 29.0 Å². The lowest BCUT2D eigenvalue weighted by Crippen LogP contribution is -2.43. The van der Waals surface area contributed by atoms with Gasteiger partial charge in [0.25, 0.3) is 0 Å². The van der Waals surface area contributed by atoms with Crippen molar-refractivity contribution in [2.75, 3.05) is 13.1 Å². The van der Waals surface area contributed by atoms with Gasteiger partial charge in [-0.3, -0.25) is 4.98 Å². The second kappa shape index (κ2) is 4.47. The molecular formula is C11H16ClN3. The van der Waals surface area contributed by atoms with Crippen LogP contribution in [0.4, 0.5) is 0 Å². The zero-order valence-electron chi connectivity index (χ0n) is 8.89. The highest BCUT2D eigenvalue weighted by molar-refractivity contribution is 6.31. The minimum atomic E-state index is 0.201. The van der Waals surface area contributed by atoms with Gasteiger partial charge in [0.15, 0.2) is 0 Å². The molecule has 1 aromatic heterocycles. The molecule has 1 unspecified atom stereocenters. The number of nitrogens with zero attached hydrogens (tertiary/aromatic N) is 1. The van der Waals surface area contributed by atoms with Crippen molar-refractivity contribution in [1.29, 1.82) is 0 Å². The Kier molecular flexibility index (Phi) is 3.24. The molecule has 1 aliphatic rings. The molecule has 2 rings (SSSR count). The van der Waals surface area contributed by atoms with Crippen LogP contribution in [0.15, 0.2) is 18.5 Å². The van der Waals surface area contributed by atoms with Crippen LogP contribution < -0.4 is 10.6 Å². The SMILES string of the molecule is CC1(NCc2ccncc2Cl)CCNC1. The molecule has 2 N–H and O–H groups in total. The van der Waals surface area contributed by atoms with Gasteiger partial charge in [0, 0.05) is 31.0 Å². The molecule has 1 atom stereocenters. The summed E-state index contributed by atoms with van der Waals surface area (Å²) in [6, 6.07) is 1.96. The van der Waals surface area contributed by atoms with E-state index in [0.717, 1.165) is 36.6 Å². The summed E-state index contributed by atoms with van der Waals surface area (Å²) in [6.07, 6.45) is 4.63. The van der Waals surface area contributed by atoms with E-state index < -0.39 is 0 Å². The molecule has 1 aliphatic heterocycles. The Morgan fingerprint density at radius 2 is 2.53 bits per heavy atom. The van der Waals surface area contributed by atoms with E-state index in [9.17, 15) is 0 Å². The standard InChI is InChI=1S/C11H16ClN3/c1-11(3-5-14-8-11)15-6-9-2-4-13-7-10(9)12/h2,4,7,14-15H,3,5-6,8H2,1H3. The Balaban J connectivity index is 1.95. The van der Waals surface area contributed by atoms with Gasteiger partial charge in [-0.05, 0) is 31.5 Å². The highest BCUT2D eigenvalue weighted by atomic mass is 35.5. The van der Waals surface area contributed by atoms with Gasteiger partial charge in [0.1, 0.15) is 0 Å². The fourth-order valence-corrected chi connectivity index (χ4v) is 2.01.